The highest BCUT2D eigenvalue weighted by Crippen LogP contribution is 2.37. The second-order valence-electron chi connectivity index (χ2n) is 9.17. The number of aliphatic hydroxyl groups is 2. The number of carbonyl (C=O) groups is 1. The Labute approximate surface area is 212 Å². The van der Waals surface area contributed by atoms with E-state index in [2.05, 4.69) is 12.8 Å². The van der Waals surface area contributed by atoms with Crippen molar-refractivity contribution in [3.8, 4) is 29.7 Å². The minimum Gasteiger partial charge on any atom is -0.493 e. The minimum atomic E-state index is -0.500. The van der Waals surface area contributed by atoms with Crippen molar-refractivity contribution in [2.24, 2.45) is 7.05 Å². The van der Waals surface area contributed by atoms with Crippen LogP contribution in [0.5, 0.6) is 5.75 Å². The molecule has 0 fully saturated rings. The van der Waals surface area contributed by atoms with E-state index in [-0.39, 0.29) is 12.0 Å². The fraction of sp³-hybridized carbons (Fsp3) is 0.379. The van der Waals surface area contributed by atoms with E-state index < -0.39 is 11.4 Å². The highest BCUT2D eigenvalue weighted by Gasteiger charge is 2.22. The molecule has 2 aromatic carbocycles. The van der Waals surface area contributed by atoms with Crippen molar-refractivity contribution >= 4 is 17.1 Å². The first-order valence-corrected chi connectivity index (χ1v) is 11.5. The maximum Gasteiger partial charge on any atom is 0.258 e. The van der Waals surface area contributed by atoms with Crippen molar-refractivity contribution in [2.75, 3.05) is 13.7 Å². The zero-order valence-corrected chi connectivity index (χ0v) is 21.9. The first kappa shape index (κ1) is 30.6. The Morgan fingerprint density at radius 1 is 1.14 bits per heavy atom. The summed E-state index contributed by atoms with van der Waals surface area (Å²) in [6, 6.07) is 8.74. The van der Waals surface area contributed by atoms with E-state index in [4.69, 9.17) is 14.9 Å². The number of aliphatic hydroxyl groups excluding tert-OH is 1. The third-order valence-corrected chi connectivity index (χ3v) is 5.22. The van der Waals surface area contributed by atoms with Crippen LogP contribution in [0.2, 0.25) is 0 Å². The van der Waals surface area contributed by atoms with Crippen molar-refractivity contribution in [1.29, 1.82) is 0 Å². The summed E-state index contributed by atoms with van der Waals surface area (Å²) in [6.45, 7) is 7.74. The van der Waals surface area contributed by atoms with E-state index in [0.717, 1.165) is 37.4 Å². The van der Waals surface area contributed by atoms with Gasteiger partial charge in [-0.15, -0.1) is 12.8 Å². The van der Waals surface area contributed by atoms with Crippen molar-refractivity contribution in [3.05, 3.63) is 63.3 Å². The normalized spacial score (nSPS) is 11.9. The Morgan fingerprint density at radius 3 is 2.33 bits per heavy atom. The predicted octanol–water partition coefficient (Wildman–Crippen LogP) is 4.35. The lowest BCUT2D eigenvalue weighted by atomic mass is 9.92. The number of hydrogen-bond acceptors (Lipinski definition) is 5. The van der Waals surface area contributed by atoms with Crippen molar-refractivity contribution in [1.82, 2.24) is 4.57 Å². The van der Waals surface area contributed by atoms with Gasteiger partial charge in [-0.1, -0.05) is 17.7 Å². The molecule has 7 heteroatoms. The number of terminal acetylenes is 1. The maximum absolute atomic E-state index is 15.1. The number of aromatic nitrogens is 1. The van der Waals surface area contributed by atoms with Gasteiger partial charge in [0, 0.05) is 48.9 Å². The van der Waals surface area contributed by atoms with Gasteiger partial charge < -0.3 is 24.3 Å². The summed E-state index contributed by atoms with van der Waals surface area (Å²) < 4.78 is 22.1. The first-order chi connectivity index (χ1) is 17.0. The lowest BCUT2D eigenvalue weighted by Crippen LogP contribution is -2.22. The fourth-order valence-corrected chi connectivity index (χ4v) is 3.86. The lowest BCUT2D eigenvalue weighted by molar-refractivity contribution is -0.107. The van der Waals surface area contributed by atoms with Crippen LogP contribution in [0.15, 0.2) is 35.1 Å². The number of nitrogens with zero attached hydrogens (tertiary/aromatic N) is 1. The van der Waals surface area contributed by atoms with Gasteiger partial charge in [-0.05, 0) is 63.6 Å². The number of carbonyl (C=O) groups excluding carboxylic acids is 1. The van der Waals surface area contributed by atoms with Gasteiger partial charge in [0.1, 0.15) is 17.9 Å². The van der Waals surface area contributed by atoms with E-state index in [9.17, 15) is 9.59 Å². The molecule has 0 atom stereocenters. The second kappa shape index (κ2) is 13.6. The molecule has 0 radical (unpaired) electrons. The largest absolute Gasteiger partial charge is 0.493 e. The summed E-state index contributed by atoms with van der Waals surface area (Å²) in [4.78, 5) is 24.1. The topological polar surface area (TPSA) is 88.8 Å². The molecule has 2 N–H and O–H groups in total. The average Bonchev–Trinajstić information content (AvgIpc) is 2.84. The number of ether oxygens (including phenoxy) is 1. The highest BCUT2D eigenvalue weighted by atomic mass is 19.1. The van der Waals surface area contributed by atoms with Gasteiger partial charge in [0.25, 0.3) is 5.56 Å². The molecule has 0 spiro atoms. The van der Waals surface area contributed by atoms with Crippen molar-refractivity contribution in [3.63, 3.8) is 0 Å². The van der Waals surface area contributed by atoms with Crippen LogP contribution in [0.3, 0.4) is 0 Å². The number of aryl methyl sites for hydroxylation is 2. The molecule has 6 nitrogen and oxygen atoms in total. The summed E-state index contributed by atoms with van der Waals surface area (Å²) in [7, 11) is 2.63. The van der Waals surface area contributed by atoms with Gasteiger partial charge in [-0.3, -0.25) is 4.79 Å². The zero-order valence-electron chi connectivity index (χ0n) is 21.9. The Balaban J connectivity index is 0.000000634. The Hall–Kier alpha value is -3.47. The molecular formula is C29H36FNO5. The number of pyridine rings is 1. The van der Waals surface area contributed by atoms with E-state index in [1.165, 1.54) is 10.6 Å². The van der Waals surface area contributed by atoms with Crippen LogP contribution in [0.1, 0.15) is 44.0 Å². The lowest BCUT2D eigenvalue weighted by Gasteiger charge is -2.21. The Bertz CT molecular complexity index is 1260. The quantitative estimate of drug-likeness (QED) is 0.415. The first-order valence-electron chi connectivity index (χ1n) is 11.5. The second-order valence-corrected chi connectivity index (χ2v) is 9.17. The number of hydrogen-bond donors (Lipinski definition) is 2. The number of aldehydes is 1. The van der Waals surface area contributed by atoms with Crippen molar-refractivity contribution < 1.29 is 24.1 Å². The van der Waals surface area contributed by atoms with Gasteiger partial charge in [0.15, 0.2) is 0 Å². The van der Waals surface area contributed by atoms with Gasteiger partial charge in [-0.2, -0.15) is 0 Å². The number of benzene rings is 2. The van der Waals surface area contributed by atoms with Crippen LogP contribution >= 0.6 is 0 Å². The SMILES string of the molecule is C#C.CC(C)(C)O.CO.Cc1ccc2c(=O)n(C)c(CC=O)c(-c3cc4c(cc3F)OCCC4)c2c1. The molecule has 0 amide bonds. The molecule has 0 bridgehead atoms. The smallest absolute Gasteiger partial charge is 0.258 e. The third-order valence-electron chi connectivity index (χ3n) is 5.22. The zero-order chi connectivity index (χ0) is 27.6. The minimum absolute atomic E-state index is 0.0397. The van der Waals surface area contributed by atoms with E-state index >= 15 is 4.39 Å². The fourth-order valence-electron chi connectivity index (χ4n) is 3.86. The molecule has 4 rings (SSSR count). The molecular weight excluding hydrogens is 461 g/mol. The van der Waals surface area contributed by atoms with Crippen LogP contribution in [0.25, 0.3) is 21.9 Å². The maximum atomic E-state index is 15.1. The molecule has 0 unspecified atom stereocenters. The van der Waals surface area contributed by atoms with Crippen LogP contribution in [0, 0.1) is 25.6 Å². The summed E-state index contributed by atoms with van der Waals surface area (Å²) in [5.74, 6) is 0.161. The molecule has 0 saturated heterocycles. The van der Waals surface area contributed by atoms with Crippen LogP contribution < -0.4 is 10.3 Å². The Morgan fingerprint density at radius 2 is 1.75 bits per heavy atom. The average molecular weight is 498 g/mol. The van der Waals surface area contributed by atoms with E-state index in [1.54, 1.807) is 40.0 Å². The molecule has 1 aliphatic rings. The highest BCUT2D eigenvalue weighted by molar-refractivity contribution is 5.98. The van der Waals surface area contributed by atoms with Crippen LogP contribution in [-0.2, 0) is 24.7 Å². The van der Waals surface area contributed by atoms with E-state index in [1.807, 2.05) is 19.1 Å². The van der Waals surface area contributed by atoms with Gasteiger partial charge in [-0.25, -0.2) is 4.39 Å². The third kappa shape index (κ3) is 7.51. The number of fused-ring (bicyclic) bond motifs is 2. The Kier molecular flexibility index (Phi) is 11.5. The molecule has 1 aliphatic heterocycles. The van der Waals surface area contributed by atoms with Crippen LogP contribution in [0.4, 0.5) is 4.39 Å². The molecule has 36 heavy (non-hydrogen) atoms. The molecule has 194 valence electrons. The summed E-state index contributed by atoms with van der Waals surface area (Å²) in [6.07, 6.45) is 10.5. The summed E-state index contributed by atoms with van der Waals surface area (Å²) in [5, 5.41) is 16.7. The predicted molar refractivity (Wildman–Crippen MR) is 143 cm³/mol. The summed E-state index contributed by atoms with van der Waals surface area (Å²) >= 11 is 0. The van der Waals surface area contributed by atoms with E-state index in [0.29, 0.717) is 39.9 Å². The standard InChI is InChI=1S/C22H20FNO3.C4H10O.C2H2.CH4O/c1-13-5-6-15-16(10-13)21(19(7-8-25)24(2)22(15)26)17-11-14-4-3-9-27-20(14)12-18(17)23;1-4(2,3)5;2*1-2/h5-6,8,10-12H,3-4,7,9H2,1-2H3;5H,1-3H3;1-2H;2H,1H3. The molecule has 1 aromatic heterocycles. The van der Waals surface area contributed by atoms with Gasteiger partial charge >= 0.3 is 0 Å². The molecule has 3 aromatic rings. The molecule has 0 aliphatic carbocycles. The number of halogens is 1. The monoisotopic (exact) mass is 497 g/mol. The number of rotatable bonds is 3. The molecule has 0 saturated carbocycles. The van der Waals surface area contributed by atoms with Gasteiger partial charge in [0.2, 0.25) is 0 Å². The van der Waals surface area contributed by atoms with Crippen LogP contribution in [-0.4, -0.2) is 40.4 Å². The van der Waals surface area contributed by atoms with Crippen molar-refractivity contribution in [2.45, 2.75) is 52.6 Å². The summed E-state index contributed by atoms with van der Waals surface area (Å²) in [5.41, 5.74) is 2.76. The molecule has 2 heterocycles. The van der Waals surface area contributed by atoms with Gasteiger partial charge in [0.05, 0.1) is 12.2 Å².